The van der Waals surface area contributed by atoms with Gasteiger partial charge in [0.15, 0.2) is 0 Å². The fraction of sp³-hybridized carbons (Fsp3) is 0.273. The predicted octanol–water partition coefficient (Wildman–Crippen LogP) is 1.26. The van der Waals surface area contributed by atoms with E-state index in [9.17, 15) is 4.79 Å². The van der Waals surface area contributed by atoms with E-state index in [0.29, 0.717) is 0 Å². The molecule has 0 spiro atoms. The molecule has 0 unspecified atom stereocenters. The highest BCUT2D eigenvalue weighted by Gasteiger charge is 2.01. The molecular formula is C11H13N3O. The minimum Gasteiger partial charge on any atom is -0.325 e. The molecule has 0 aliphatic rings. The quantitative estimate of drug-likeness (QED) is 0.774. The first kappa shape index (κ1) is 11.2. The van der Waals surface area contributed by atoms with Gasteiger partial charge in [-0.25, -0.2) is 0 Å². The average molecular weight is 203 g/mol. The molecule has 1 aromatic carbocycles. The third-order valence-corrected chi connectivity index (χ3v) is 1.83. The van der Waals surface area contributed by atoms with E-state index in [1.54, 1.807) is 12.1 Å². The Labute approximate surface area is 88.9 Å². The molecule has 2 N–H and O–H groups in total. The monoisotopic (exact) mass is 203 g/mol. The van der Waals surface area contributed by atoms with Crippen molar-refractivity contribution in [3.05, 3.63) is 29.8 Å². The van der Waals surface area contributed by atoms with Crippen LogP contribution in [0, 0.1) is 11.3 Å². The summed E-state index contributed by atoms with van der Waals surface area (Å²) >= 11 is 0. The molecule has 1 rings (SSSR count). The summed E-state index contributed by atoms with van der Waals surface area (Å²) in [6, 6.07) is 9.32. The lowest BCUT2D eigenvalue weighted by atomic mass is 10.2. The Morgan fingerprint density at radius 2 is 2.33 bits per heavy atom. The summed E-state index contributed by atoms with van der Waals surface area (Å²) in [6.45, 7) is 0.752. The van der Waals surface area contributed by atoms with Crippen LogP contribution in [0.15, 0.2) is 24.3 Å². The summed E-state index contributed by atoms with van der Waals surface area (Å²) in [5.74, 6) is -0.279. The van der Waals surface area contributed by atoms with Crippen LogP contribution in [0.3, 0.4) is 0 Å². The zero-order chi connectivity index (χ0) is 11.1. The van der Waals surface area contributed by atoms with E-state index in [1.165, 1.54) is 0 Å². The first-order valence-electron chi connectivity index (χ1n) is 4.66. The molecule has 0 saturated heterocycles. The average Bonchev–Trinajstić information content (AvgIpc) is 2.19. The Morgan fingerprint density at radius 3 is 3.00 bits per heavy atom. The SMILES string of the molecule is CNCc1cccc(NC(=O)CC#N)c1. The van der Waals surface area contributed by atoms with E-state index >= 15 is 0 Å². The molecule has 0 radical (unpaired) electrons. The van der Waals surface area contributed by atoms with Gasteiger partial charge in [0.1, 0.15) is 6.42 Å². The van der Waals surface area contributed by atoms with Crippen LogP contribution in [-0.2, 0) is 11.3 Å². The van der Waals surface area contributed by atoms with Crippen molar-refractivity contribution in [2.45, 2.75) is 13.0 Å². The van der Waals surface area contributed by atoms with E-state index in [4.69, 9.17) is 5.26 Å². The molecule has 0 aliphatic carbocycles. The van der Waals surface area contributed by atoms with Crippen LogP contribution in [0.2, 0.25) is 0 Å². The Hall–Kier alpha value is -1.86. The number of anilines is 1. The Morgan fingerprint density at radius 1 is 1.53 bits per heavy atom. The normalized spacial score (nSPS) is 9.33. The number of amides is 1. The third kappa shape index (κ3) is 3.79. The highest BCUT2D eigenvalue weighted by Crippen LogP contribution is 2.10. The van der Waals surface area contributed by atoms with Crippen molar-refractivity contribution < 1.29 is 4.79 Å². The zero-order valence-corrected chi connectivity index (χ0v) is 8.58. The minimum atomic E-state index is -0.279. The lowest BCUT2D eigenvalue weighted by Gasteiger charge is -2.05. The van der Waals surface area contributed by atoms with Crippen molar-refractivity contribution in [2.75, 3.05) is 12.4 Å². The van der Waals surface area contributed by atoms with Gasteiger partial charge in [-0.1, -0.05) is 12.1 Å². The number of hydrogen-bond donors (Lipinski definition) is 2. The van der Waals surface area contributed by atoms with Gasteiger partial charge in [-0.2, -0.15) is 5.26 Å². The van der Waals surface area contributed by atoms with Crippen LogP contribution in [0.4, 0.5) is 5.69 Å². The summed E-state index contributed by atoms with van der Waals surface area (Å²) in [6.07, 6.45) is -0.115. The van der Waals surface area contributed by atoms with Gasteiger partial charge in [0.25, 0.3) is 0 Å². The number of carbonyl (C=O) groups is 1. The lowest BCUT2D eigenvalue weighted by molar-refractivity contribution is -0.115. The van der Waals surface area contributed by atoms with Gasteiger partial charge in [0.2, 0.25) is 5.91 Å². The van der Waals surface area contributed by atoms with Gasteiger partial charge in [-0.05, 0) is 24.7 Å². The van der Waals surface area contributed by atoms with Crippen molar-refractivity contribution >= 4 is 11.6 Å². The largest absolute Gasteiger partial charge is 0.325 e. The number of carbonyl (C=O) groups excluding carboxylic acids is 1. The topological polar surface area (TPSA) is 64.9 Å². The second-order valence-electron chi connectivity index (χ2n) is 3.11. The van der Waals surface area contributed by atoms with Crippen molar-refractivity contribution in [1.29, 1.82) is 5.26 Å². The Bertz CT molecular complexity index is 382. The Balaban J connectivity index is 2.65. The molecule has 0 atom stereocenters. The van der Waals surface area contributed by atoms with Crippen molar-refractivity contribution in [1.82, 2.24) is 5.32 Å². The van der Waals surface area contributed by atoms with Crippen LogP contribution in [0.25, 0.3) is 0 Å². The highest BCUT2D eigenvalue weighted by atomic mass is 16.1. The molecule has 0 aliphatic heterocycles. The molecule has 15 heavy (non-hydrogen) atoms. The molecular weight excluding hydrogens is 190 g/mol. The van der Waals surface area contributed by atoms with Crippen LogP contribution in [0.1, 0.15) is 12.0 Å². The predicted molar refractivity (Wildman–Crippen MR) is 58.1 cm³/mol. The first-order chi connectivity index (χ1) is 7.26. The number of nitriles is 1. The third-order valence-electron chi connectivity index (χ3n) is 1.83. The van der Waals surface area contributed by atoms with Crippen molar-refractivity contribution in [2.24, 2.45) is 0 Å². The second kappa shape index (κ2) is 5.78. The molecule has 4 nitrogen and oxygen atoms in total. The van der Waals surface area contributed by atoms with Crippen LogP contribution in [-0.4, -0.2) is 13.0 Å². The van der Waals surface area contributed by atoms with E-state index in [0.717, 1.165) is 17.8 Å². The molecule has 1 amide bonds. The second-order valence-corrected chi connectivity index (χ2v) is 3.11. The van der Waals surface area contributed by atoms with E-state index in [1.807, 2.05) is 25.2 Å². The van der Waals surface area contributed by atoms with Crippen LogP contribution in [0.5, 0.6) is 0 Å². The molecule has 0 bridgehead atoms. The molecule has 4 heteroatoms. The van der Waals surface area contributed by atoms with Gasteiger partial charge < -0.3 is 10.6 Å². The first-order valence-corrected chi connectivity index (χ1v) is 4.66. The van der Waals surface area contributed by atoms with Crippen LogP contribution < -0.4 is 10.6 Å². The summed E-state index contributed by atoms with van der Waals surface area (Å²) in [7, 11) is 1.86. The lowest BCUT2D eigenvalue weighted by Crippen LogP contribution is -2.11. The maximum atomic E-state index is 11.1. The standard InChI is InChI=1S/C11H13N3O/c1-13-8-9-3-2-4-10(7-9)14-11(15)5-6-12/h2-4,7,13H,5,8H2,1H3,(H,14,15). The molecule has 1 aromatic rings. The number of rotatable bonds is 4. The van der Waals surface area contributed by atoms with Gasteiger partial charge in [0.05, 0.1) is 6.07 Å². The number of nitrogens with one attached hydrogen (secondary N) is 2. The van der Waals surface area contributed by atoms with Crippen molar-refractivity contribution in [3.63, 3.8) is 0 Å². The van der Waals surface area contributed by atoms with Gasteiger partial charge in [-0.3, -0.25) is 4.79 Å². The summed E-state index contributed by atoms with van der Waals surface area (Å²) in [4.78, 5) is 11.1. The summed E-state index contributed by atoms with van der Waals surface area (Å²) in [5, 5.41) is 14.0. The molecule has 0 saturated carbocycles. The minimum absolute atomic E-state index is 0.115. The number of nitrogens with zero attached hydrogens (tertiary/aromatic N) is 1. The fourth-order valence-electron chi connectivity index (χ4n) is 1.24. The Kier molecular flexibility index (Phi) is 4.32. The van der Waals surface area contributed by atoms with E-state index in [2.05, 4.69) is 10.6 Å². The number of benzene rings is 1. The van der Waals surface area contributed by atoms with Gasteiger partial charge in [-0.15, -0.1) is 0 Å². The summed E-state index contributed by atoms with van der Waals surface area (Å²) < 4.78 is 0. The fourth-order valence-corrected chi connectivity index (χ4v) is 1.24. The zero-order valence-electron chi connectivity index (χ0n) is 8.58. The maximum Gasteiger partial charge on any atom is 0.238 e. The van der Waals surface area contributed by atoms with Crippen molar-refractivity contribution in [3.8, 4) is 6.07 Å². The number of hydrogen-bond acceptors (Lipinski definition) is 3. The highest BCUT2D eigenvalue weighted by molar-refractivity contribution is 5.92. The summed E-state index contributed by atoms with van der Waals surface area (Å²) in [5.41, 5.74) is 1.82. The maximum absolute atomic E-state index is 11.1. The molecule has 78 valence electrons. The van der Waals surface area contributed by atoms with Crippen LogP contribution >= 0.6 is 0 Å². The van der Waals surface area contributed by atoms with Gasteiger partial charge in [0, 0.05) is 12.2 Å². The molecule has 0 fully saturated rings. The van der Waals surface area contributed by atoms with Gasteiger partial charge >= 0.3 is 0 Å². The van der Waals surface area contributed by atoms with E-state index < -0.39 is 0 Å². The molecule has 0 aromatic heterocycles. The molecule has 0 heterocycles. The van der Waals surface area contributed by atoms with E-state index in [-0.39, 0.29) is 12.3 Å². The smallest absolute Gasteiger partial charge is 0.238 e.